The Bertz CT molecular complexity index is 396. The first kappa shape index (κ1) is 12.4. The van der Waals surface area contributed by atoms with E-state index in [-0.39, 0.29) is 29.8 Å². The van der Waals surface area contributed by atoms with Gasteiger partial charge in [0.25, 0.3) is 5.91 Å². The monoisotopic (exact) mass is 226 g/mol. The maximum Gasteiger partial charge on any atom is 0.256 e. The maximum absolute atomic E-state index is 12.8. The van der Waals surface area contributed by atoms with E-state index in [0.717, 1.165) is 6.07 Å². The Hall–Kier alpha value is -1.62. The summed E-state index contributed by atoms with van der Waals surface area (Å²) in [6.45, 7) is 1.57. The number of benzene rings is 1. The predicted octanol–water partition coefficient (Wildman–Crippen LogP) is 0.861. The minimum atomic E-state index is -0.480. The molecule has 0 spiro atoms. The van der Waals surface area contributed by atoms with E-state index in [2.05, 4.69) is 0 Å². The number of hydrogen-bond acceptors (Lipinski definition) is 3. The van der Waals surface area contributed by atoms with Crippen LogP contribution in [0.2, 0.25) is 0 Å². The standard InChI is InChI=1S/C11H15FN2O2/c1-7(6-15)14(2)11(16)9-4-3-8(12)5-10(9)13/h3-5,7,15H,6,13H2,1-2H3. The molecule has 0 fully saturated rings. The molecule has 0 saturated heterocycles. The van der Waals surface area contributed by atoms with Crippen molar-refractivity contribution >= 4 is 11.6 Å². The zero-order valence-electron chi connectivity index (χ0n) is 9.27. The molecule has 1 aromatic rings. The summed E-state index contributed by atoms with van der Waals surface area (Å²) in [7, 11) is 1.56. The van der Waals surface area contributed by atoms with E-state index in [1.165, 1.54) is 17.0 Å². The zero-order valence-corrected chi connectivity index (χ0v) is 9.27. The molecule has 1 aromatic carbocycles. The topological polar surface area (TPSA) is 66.6 Å². The van der Waals surface area contributed by atoms with Gasteiger partial charge < -0.3 is 15.7 Å². The fourth-order valence-corrected chi connectivity index (χ4v) is 1.24. The number of nitrogen functional groups attached to an aromatic ring is 1. The Labute approximate surface area is 93.5 Å². The van der Waals surface area contributed by atoms with E-state index in [4.69, 9.17) is 10.8 Å². The minimum Gasteiger partial charge on any atom is -0.398 e. The number of amides is 1. The summed E-state index contributed by atoms with van der Waals surface area (Å²) in [6.07, 6.45) is 0. The molecule has 3 N–H and O–H groups in total. The second kappa shape index (κ2) is 4.94. The lowest BCUT2D eigenvalue weighted by Gasteiger charge is -2.23. The lowest BCUT2D eigenvalue weighted by molar-refractivity contribution is 0.0683. The summed E-state index contributed by atoms with van der Waals surface area (Å²) in [5.41, 5.74) is 5.89. The molecule has 1 unspecified atom stereocenters. The lowest BCUT2D eigenvalue weighted by atomic mass is 10.1. The molecular weight excluding hydrogens is 211 g/mol. The van der Waals surface area contributed by atoms with Crippen LogP contribution in [0.25, 0.3) is 0 Å². The molecule has 0 heterocycles. The summed E-state index contributed by atoms with van der Waals surface area (Å²) in [6, 6.07) is 3.32. The highest BCUT2D eigenvalue weighted by Gasteiger charge is 2.18. The van der Waals surface area contributed by atoms with Crippen LogP contribution in [0, 0.1) is 5.82 Å². The van der Waals surface area contributed by atoms with Crippen LogP contribution in [-0.4, -0.2) is 35.6 Å². The summed E-state index contributed by atoms with van der Waals surface area (Å²) >= 11 is 0. The van der Waals surface area contributed by atoms with Crippen LogP contribution in [0.4, 0.5) is 10.1 Å². The minimum absolute atomic E-state index is 0.0991. The van der Waals surface area contributed by atoms with Gasteiger partial charge in [-0.1, -0.05) is 0 Å². The summed E-state index contributed by atoms with van der Waals surface area (Å²) in [4.78, 5) is 13.3. The molecule has 0 aliphatic carbocycles. The quantitative estimate of drug-likeness (QED) is 0.751. The van der Waals surface area contributed by atoms with E-state index in [0.29, 0.717) is 0 Å². The average molecular weight is 226 g/mol. The smallest absolute Gasteiger partial charge is 0.256 e. The highest BCUT2D eigenvalue weighted by molar-refractivity contribution is 5.99. The first-order valence-electron chi connectivity index (χ1n) is 4.90. The number of rotatable bonds is 3. The second-order valence-corrected chi connectivity index (χ2v) is 3.68. The molecule has 0 aromatic heterocycles. The normalized spacial score (nSPS) is 12.2. The van der Waals surface area contributed by atoms with Gasteiger partial charge in [0.05, 0.1) is 18.2 Å². The Morgan fingerprint density at radius 3 is 2.75 bits per heavy atom. The van der Waals surface area contributed by atoms with Gasteiger partial charge in [0, 0.05) is 12.7 Å². The van der Waals surface area contributed by atoms with Gasteiger partial charge in [-0.15, -0.1) is 0 Å². The SMILES string of the molecule is CC(CO)N(C)C(=O)c1ccc(F)cc1N. The molecule has 88 valence electrons. The average Bonchev–Trinajstić information content (AvgIpc) is 2.26. The van der Waals surface area contributed by atoms with Crippen molar-refractivity contribution < 1.29 is 14.3 Å². The van der Waals surface area contributed by atoms with Gasteiger partial charge in [-0.2, -0.15) is 0 Å². The van der Waals surface area contributed by atoms with Gasteiger partial charge in [-0.25, -0.2) is 4.39 Å². The van der Waals surface area contributed by atoms with Gasteiger partial charge >= 0.3 is 0 Å². The predicted molar refractivity (Wildman–Crippen MR) is 59.5 cm³/mol. The van der Waals surface area contributed by atoms with Crippen LogP contribution in [0.3, 0.4) is 0 Å². The molecule has 5 heteroatoms. The molecule has 0 bridgehead atoms. The number of aliphatic hydroxyl groups excluding tert-OH is 1. The molecule has 4 nitrogen and oxygen atoms in total. The van der Waals surface area contributed by atoms with Crippen LogP contribution in [0.1, 0.15) is 17.3 Å². The second-order valence-electron chi connectivity index (χ2n) is 3.68. The fraction of sp³-hybridized carbons (Fsp3) is 0.364. The van der Waals surface area contributed by atoms with Crippen LogP contribution >= 0.6 is 0 Å². The Morgan fingerprint density at radius 2 is 2.25 bits per heavy atom. The highest BCUT2D eigenvalue weighted by atomic mass is 19.1. The molecule has 0 radical (unpaired) electrons. The van der Waals surface area contributed by atoms with Gasteiger partial charge in [0.15, 0.2) is 0 Å². The lowest BCUT2D eigenvalue weighted by Crippen LogP contribution is -2.37. The summed E-state index contributed by atoms with van der Waals surface area (Å²) in [5.74, 6) is -0.814. The summed E-state index contributed by atoms with van der Waals surface area (Å²) in [5, 5.41) is 8.93. The third-order valence-electron chi connectivity index (χ3n) is 2.49. The number of hydrogen-bond donors (Lipinski definition) is 2. The number of aliphatic hydroxyl groups is 1. The molecule has 0 aliphatic heterocycles. The van der Waals surface area contributed by atoms with Crippen molar-refractivity contribution in [1.29, 1.82) is 0 Å². The number of carbonyl (C=O) groups excluding carboxylic acids is 1. The first-order valence-corrected chi connectivity index (χ1v) is 4.90. The number of nitrogens with two attached hydrogens (primary N) is 1. The van der Waals surface area contributed by atoms with Gasteiger partial charge in [0.2, 0.25) is 0 Å². The Morgan fingerprint density at radius 1 is 1.62 bits per heavy atom. The van der Waals surface area contributed by atoms with Gasteiger partial charge in [0.1, 0.15) is 5.82 Å². The van der Waals surface area contributed by atoms with Crippen molar-refractivity contribution in [3.05, 3.63) is 29.6 Å². The molecule has 16 heavy (non-hydrogen) atoms. The largest absolute Gasteiger partial charge is 0.398 e. The van der Waals surface area contributed by atoms with E-state index in [9.17, 15) is 9.18 Å². The molecule has 1 atom stereocenters. The third kappa shape index (κ3) is 2.49. The first-order chi connectivity index (χ1) is 7.47. The maximum atomic E-state index is 12.8. The Balaban J connectivity index is 2.96. The number of halogens is 1. The highest BCUT2D eigenvalue weighted by Crippen LogP contribution is 2.16. The van der Waals surface area contributed by atoms with Crippen LogP contribution in [0.5, 0.6) is 0 Å². The molecule has 1 rings (SSSR count). The van der Waals surface area contributed by atoms with Crippen LogP contribution in [-0.2, 0) is 0 Å². The zero-order chi connectivity index (χ0) is 12.3. The number of likely N-dealkylation sites (N-methyl/N-ethyl adjacent to an activating group) is 1. The van der Waals surface area contributed by atoms with Gasteiger partial charge in [-0.05, 0) is 25.1 Å². The molecule has 0 aliphatic rings. The molecular formula is C11H15FN2O2. The van der Waals surface area contributed by atoms with Crippen molar-refractivity contribution in [1.82, 2.24) is 4.90 Å². The van der Waals surface area contributed by atoms with Crippen molar-refractivity contribution in [3.8, 4) is 0 Å². The van der Waals surface area contributed by atoms with Crippen LogP contribution in [0.15, 0.2) is 18.2 Å². The van der Waals surface area contributed by atoms with E-state index in [1.807, 2.05) is 0 Å². The fourth-order valence-electron chi connectivity index (χ4n) is 1.24. The Kier molecular flexibility index (Phi) is 3.84. The van der Waals surface area contributed by atoms with E-state index in [1.54, 1.807) is 14.0 Å². The molecule has 0 saturated carbocycles. The summed E-state index contributed by atoms with van der Waals surface area (Å²) < 4.78 is 12.8. The van der Waals surface area contributed by atoms with Crippen molar-refractivity contribution in [3.63, 3.8) is 0 Å². The van der Waals surface area contributed by atoms with E-state index >= 15 is 0 Å². The van der Waals surface area contributed by atoms with Crippen molar-refractivity contribution in [2.45, 2.75) is 13.0 Å². The number of anilines is 1. The third-order valence-corrected chi connectivity index (χ3v) is 2.49. The van der Waals surface area contributed by atoms with E-state index < -0.39 is 5.82 Å². The van der Waals surface area contributed by atoms with Crippen LogP contribution < -0.4 is 5.73 Å². The molecule has 1 amide bonds. The number of carbonyl (C=O) groups is 1. The van der Waals surface area contributed by atoms with Gasteiger partial charge in [-0.3, -0.25) is 4.79 Å². The van der Waals surface area contributed by atoms with Crippen molar-refractivity contribution in [2.75, 3.05) is 19.4 Å². The number of nitrogens with zero attached hydrogens (tertiary/aromatic N) is 1. The van der Waals surface area contributed by atoms with Crippen molar-refractivity contribution in [2.24, 2.45) is 0 Å².